The highest BCUT2D eigenvalue weighted by molar-refractivity contribution is 5.67. The molecule has 0 bridgehead atoms. The molecule has 0 fully saturated rings. The molecule has 0 saturated carbocycles. The molecule has 12 heteroatoms. The van der Waals surface area contributed by atoms with E-state index >= 15 is 0 Å². The monoisotopic (exact) mass is 1480 g/mol. The number of rotatable bonds is 33. The summed E-state index contributed by atoms with van der Waals surface area (Å²) in [6.07, 6.45) is -3.01. The van der Waals surface area contributed by atoms with E-state index in [9.17, 15) is 0 Å². The van der Waals surface area contributed by atoms with Crippen molar-refractivity contribution < 1.29 is 56.8 Å². The van der Waals surface area contributed by atoms with Gasteiger partial charge in [0.15, 0.2) is 58.2 Å². The van der Waals surface area contributed by atoms with Crippen molar-refractivity contribution in [1.82, 2.24) is 0 Å². The van der Waals surface area contributed by atoms with Gasteiger partial charge in [-0.1, -0.05) is 315 Å². The molecule has 16 rings (SSSR count). The molecule has 2 heterocycles. The van der Waals surface area contributed by atoms with Crippen molar-refractivity contribution in [3.63, 3.8) is 0 Å². The second kappa shape index (κ2) is 36.5. The molecule has 112 heavy (non-hydrogen) atoms. The van der Waals surface area contributed by atoms with Crippen molar-refractivity contribution in [3.05, 3.63) is 441 Å². The van der Waals surface area contributed by atoms with Crippen molar-refractivity contribution >= 4 is 0 Å². The summed E-state index contributed by atoms with van der Waals surface area (Å²) >= 11 is 0. The van der Waals surface area contributed by atoms with Gasteiger partial charge in [0, 0.05) is 17.5 Å². The third kappa shape index (κ3) is 18.5. The van der Waals surface area contributed by atoms with Crippen molar-refractivity contribution in [3.8, 4) is 57.5 Å². The first-order valence-corrected chi connectivity index (χ1v) is 38.1. The smallest absolute Gasteiger partial charge is 0.169 e. The van der Waals surface area contributed by atoms with Crippen LogP contribution in [-0.4, -0.2) is 12.2 Å². The maximum absolute atomic E-state index is 8.18. The maximum atomic E-state index is 8.18. The largest absolute Gasteiger partial charge is 0.485 e. The summed E-state index contributed by atoms with van der Waals surface area (Å²) in [5.41, 5.74) is 13.4. The lowest BCUT2D eigenvalue weighted by molar-refractivity contribution is -0.0607. The third-order valence-corrected chi connectivity index (χ3v) is 20.0. The quantitative estimate of drug-likeness (QED) is 0.0390. The molecular weight excluding hydrogens is 1390 g/mol. The molecular formula is C100H86O12. The van der Waals surface area contributed by atoms with Gasteiger partial charge in [-0.25, -0.2) is 0 Å². The summed E-state index contributed by atoms with van der Waals surface area (Å²) in [5.74, 6) is 4.30. The van der Waals surface area contributed by atoms with Crippen LogP contribution in [0.4, 0.5) is 0 Å². The highest BCUT2D eigenvalue weighted by Gasteiger charge is 2.48. The van der Waals surface area contributed by atoms with Crippen LogP contribution in [0.1, 0.15) is 102 Å². The van der Waals surface area contributed by atoms with Crippen LogP contribution >= 0.6 is 0 Å². The van der Waals surface area contributed by atoms with Crippen molar-refractivity contribution in [2.45, 2.75) is 103 Å². The Morgan fingerprint density at radius 2 is 0.562 bits per heavy atom. The van der Waals surface area contributed by atoms with Crippen LogP contribution in [0.5, 0.6) is 57.5 Å². The van der Waals surface area contributed by atoms with Gasteiger partial charge < -0.3 is 56.8 Å². The number of ether oxygens (including phenoxy) is 12. The number of fused-ring (bicyclic) bond motifs is 2. The lowest BCUT2D eigenvalue weighted by Gasteiger charge is -2.43. The SMILES string of the molecule is c1ccc(COc2ccc([C@H]3Oc4ccc(OCc5ccccc5)c(OCc5ccccc5)c4[C@@H](c4cc(OCc5ccccc5)c(OCc5ccccc5)c5c4O[C@H](c4ccc(OCc6ccccc6)c(OCc6ccccc6)c4)[C@@H](OCc4ccccc4)C5)[C@@H]3OCc3ccccc3)cc2OCc2ccccc2)cc1. The lowest BCUT2D eigenvalue weighted by Crippen LogP contribution is -2.39. The molecule has 2 aliphatic heterocycles. The van der Waals surface area contributed by atoms with Crippen LogP contribution in [0, 0.1) is 0 Å². The van der Waals surface area contributed by atoms with Gasteiger partial charge in [0.1, 0.15) is 76.6 Å². The Bertz CT molecular complexity index is 5280. The van der Waals surface area contributed by atoms with Crippen LogP contribution in [0.2, 0.25) is 0 Å². The molecule has 0 aliphatic carbocycles. The summed E-state index contributed by atoms with van der Waals surface area (Å²) in [4.78, 5) is 0. The highest BCUT2D eigenvalue weighted by Crippen LogP contribution is 2.59. The topological polar surface area (TPSA) is 111 Å². The Kier molecular flexibility index (Phi) is 23.8. The summed E-state index contributed by atoms with van der Waals surface area (Å²) in [7, 11) is 0. The zero-order chi connectivity index (χ0) is 75.3. The summed E-state index contributed by atoms with van der Waals surface area (Å²) in [6, 6.07) is 120. The van der Waals surface area contributed by atoms with Gasteiger partial charge in [-0.05, 0) is 109 Å². The van der Waals surface area contributed by atoms with E-state index in [0.29, 0.717) is 81.8 Å². The maximum Gasteiger partial charge on any atom is 0.169 e. The first-order chi connectivity index (χ1) is 55.5. The van der Waals surface area contributed by atoms with E-state index < -0.39 is 30.3 Å². The minimum Gasteiger partial charge on any atom is -0.485 e. The molecule has 0 spiro atoms. The second-order valence-corrected chi connectivity index (χ2v) is 27.9. The van der Waals surface area contributed by atoms with Gasteiger partial charge in [0.05, 0.1) is 24.7 Å². The average Bonchev–Trinajstić information content (AvgIpc) is 0.720. The first kappa shape index (κ1) is 73.2. The fourth-order valence-corrected chi connectivity index (χ4v) is 14.3. The summed E-state index contributed by atoms with van der Waals surface area (Å²) in [5, 5.41) is 0. The molecule has 0 saturated heterocycles. The first-order valence-electron chi connectivity index (χ1n) is 38.1. The van der Waals surface area contributed by atoms with E-state index in [2.05, 4.69) is 140 Å². The van der Waals surface area contributed by atoms with Crippen LogP contribution in [0.25, 0.3) is 0 Å². The zero-order valence-corrected chi connectivity index (χ0v) is 62.1. The van der Waals surface area contributed by atoms with Crippen molar-refractivity contribution in [2.75, 3.05) is 0 Å². The Hall–Kier alpha value is -13.0. The second-order valence-electron chi connectivity index (χ2n) is 27.9. The van der Waals surface area contributed by atoms with E-state index in [1.807, 2.05) is 218 Å². The molecule has 2 aliphatic rings. The van der Waals surface area contributed by atoms with Gasteiger partial charge >= 0.3 is 0 Å². The normalized spacial score (nSPS) is 15.4. The number of benzene rings is 14. The molecule has 14 aromatic carbocycles. The fraction of sp³-hybridized carbons (Fsp3) is 0.160. The standard InChI is InChI=1S/C100H86O12/c1-11-31-71(32-12-1)61-101-85-53-51-81(57-89(85)104-64-74-37-17-4-18-38-74)95-91(106-66-76-41-21-6-22-42-76)60-84-97(112-95)83(59-92(107-67-77-43-23-7-24-44-77)98(84)108-68-78-45-25-8-26-46-78)93-94-87(55-56-88(103-63-73-35-15-3-16-36-73)99(94)109-69-79-47-27-9-28-48-79)111-96(100(93)110-70-80-49-29-10-30-50-80)82-52-54-86(102-62-72-33-13-2-14-34-72)90(58-82)105-65-75-39-19-5-20-40-75/h1-59,91,93,95-96,100H,60-70H2/t91-,93+,95+,96+,100-/m0/s1. The molecule has 0 aromatic heterocycles. The number of hydrogen-bond donors (Lipinski definition) is 0. The summed E-state index contributed by atoms with van der Waals surface area (Å²) < 4.78 is 87.8. The summed E-state index contributed by atoms with van der Waals surface area (Å²) in [6.45, 7) is 2.38. The van der Waals surface area contributed by atoms with Crippen molar-refractivity contribution in [2.24, 2.45) is 0 Å². The molecule has 558 valence electrons. The van der Waals surface area contributed by atoms with Crippen LogP contribution in [-0.2, 0) is 82.0 Å². The highest BCUT2D eigenvalue weighted by atomic mass is 16.6. The minimum absolute atomic E-state index is 0.165. The Morgan fingerprint density at radius 1 is 0.250 bits per heavy atom. The third-order valence-electron chi connectivity index (χ3n) is 20.0. The van der Waals surface area contributed by atoms with E-state index in [0.717, 1.165) is 72.3 Å². The molecule has 0 radical (unpaired) electrons. The van der Waals surface area contributed by atoms with Gasteiger partial charge in [0.2, 0.25) is 0 Å². The van der Waals surface area contributed by atoms with Crippen LogP contribution in [0.3, 0.4) is 0 Å². The van der Waals surface area contributed by atoms with Gasteiger partial charge in [-0.2, -0.15) is 0 Å². The van der Waals surface area contributed by atoms with E-state index in [-0.39, 0.29) is 59.3 Å². The van der Waals surface area contributed by atoms with Crippen LogP contribution in [0.15, 0.2) is 358 Å². The average molecular weight is 1480 g/mol. The fourth-order valence-electron chi connectivity index (χ4n) is 14.3. The van der Waals surface area contributed by atoms with Gasteiger partial charge in [0.25, 0.3) is 0 Å². The number of hydrogen-bond acceptors (Lipinski definition) is 12. The molecule has 14 aromatic rings. The Morgan fingerprint density at radius 3 is 0.955 bits per heavy atom. The molecule has 0 N–H and O–H groups in total. The predicted octanol–water partition coefficient (Wildman–Crippen LogP) is 22.4. The van der Waals surface area contributed by atoms with E-state index in [4.69, 9.17) is 56.8 Å². The van der Waals surface area contributed by atoms with Gasteiger partial charge in [-0.15, -0.1) is 0 Å². The molecule has 0 amide bonds. The Balaban J connectivity index is 0.938. The van der Waals surface area contributed by atoms with Crippen molar-refractivity contribution in [1.29, 1.82) is 0 Å². The minimum atomic E-state index is -0.926. The molecule has 0 unspecified atom stereocenters. The predicted molar refractivity (Wildman–Crippen MR) is 434 cm³/mol. The van der Waals surface area contributed by atoms with E-state index in [1.54, 1.807) is 0 Å². The van der Waals surface area contributed by atoms with Crippen LogP contribution < -0.4 is 47.4 Å². The van der Waals surface area contributed by atoms with Gasteiger partial charge in [-0.3, -0.25) is 0 Å². The zero-order valence-electron chi connectivity index (χ0n) is 62.1. The Labute approximate surface area is 654 Å². The molecule has 12 nitrogen and oxygen atoms in total. The van der Waals surface area contributed by atoms with E-state index in [1.165, 1.54) is 0 Å². The lowest BCUT2D eigenvalue weighted by atomic mass is 9.77. The molecule has 5 atom stereocenters.